The van der Waals surface area contributed by atoms with Crippen molar-refractivity contribution in [3.05, 3.63) is 0 Å². The zero-order valence-corrected chi connectivity index (χ0v) is 10.4. The van der Waals surface area contributed by atoms with E-state index >= 15 is 0 Å². The number of likely N-dealkylation sites (N-methyl/N-ethyl adjacent to an activating group) is 1. The maximum atomic E-state index is 12.0. The lowest BCUT2D eigenvalue weighted by molar-refractivity contribution is -0.139. The van der Waals surface area contributed by atoms with E-state index in [1.54, 1.807) is 11.9 Å². The Hall–Kier alpha value is -1.10. The van der Waals surface area contributed by atoms with Crippen LogP contribution in [-0.2, 0) is 9.59 Å². The molecule has 0 aromatic rings. The van der Waals surface area contributed by atoms with Crippen LogP contribution in [0.2, 0.25) is 0 Å². The Morgan fingerprint density at radius 1 is 1.29 bits per heavy atom. The summed E-state index contributed by atoms with van der Waals surface area (Å²) in [6.45, 7) is 2.83. The highest BCUT2D eigenvalue weighted by Gasteiger charge is 2.27. The molecule has 2 aliphatic heterocycles. The first-order valence-electron chi connectivity index (χ1n) is 6.44. The highest BCUT2D eigenvalue weighted by molar-refractivity contribution is 5.87. The molecule has 0 aliphatic carbocycles. The summed E-state index contributed by atoms with van der Waals surface area (Å²) in [5.74, 6) is 0.131. The van der Waals surface area contributed by atoms with Crippen LogP contribution >= 0.6 is 0 Å². The van der Waals surface area contributed by atoms with Gasteiger partial charge in [0, 0.05) is 20.1 Å². The molecule has 2 aliphatic rings. The maximum Gasteiger partial charge on any atom is 0.242 e. The number of hydrogen-bond acceptors (Lipinski definition) is 3. The van der Waals surface area contributed by atoms with Gasteiger partial charge in [-0.25, -0.2) is 0 Å². The van der Waals surface area contributed by atoms with Crippen molar-refractivity contribution in [2.24, 2.45) is 0 Å². The zero-order chi connectivity index (χ0) is 12.3. The molecule has 5 heteroatoms. The van der Waals surface area contributed by atoms with Crippen LogP contribution in [0.15, 0.2) is 0 Å². The van der Waals surface area contributed by atoms with E-state index in [2.05, 4.69) is 5.32 Å². The van der Waals surface area contributed by atoms with Crippen molar-refractivity contribution in [2.45, 2.75) is 31.7 Å². The third-order valence-electron chi connectivity index (χ3n) is 3.57. The first kappa shape index (κ1) is 12.4. The van der Waals surface area contributed by atoms with E-state index in [1.807, 2.05) is 4.90 Å². The van der Waals surface area contributed by atoms with Crippen LogP contribution in [0.25, 0.3) is 0 Å². The normalized spacial score (nSPS) is 24.1. The van der Waals surface area contributed by atoms with E-state index in [9.17, 15) is 9.59 Å². The molecular formula is C12H21N3O2. The third kappa shape index (κ3) is 2.97. The van der Waals surface area contributed by atoms with Crippen LogP contribution in [0.3, 0.4) is 0 Å². The number of rotatable bonds is 3. The molecule has 17 heavy (non-hydrogen) atoms. The topological polar surface area (TPSA) is 52.7 Å². The number of nitrogens with one attached hydrogen (secondary N) is 1. The molecule has 5 nitrogen and oxygen atoms in total. The second-order valence-electron chi connectivity index (χ2n) is 4.93. The Balaban J connectivity index is 1.80. The van der Waals surface area contributed by atoms with Crippen molar-refractivity contribution in [1.82, 2.24) is 15.1 Å². The van der Waals surface area contributed by atoms with Gasteiger partial charge in [0.05, 0.1) is 12.6 Å². The Bertz CT molecular complexity index is 294. The molecule has 2 amide bonds. The minimum atomic E-state index is -0.0774. The molecule has 0 aromatic carbocycles. The molecule has 0 bridgehead atoms. The number of hydrogen-bond donors (Lipinski definition) is 1. The molecule has 1 unspecified atom stereocenters. The van der Waals surface area contributed by atoms with Gasteiger partial charge in [0.25, 0.3) is 0 Å². The van der Waals surface area contributed by atoms with Gasteiger partial charge < -0.3 is 15.1 Å². The monoisotopic (exact) mass is 239 g/mol. The summed E-state index contributed by atoms with van der Waals surface area (Å²) in [7, 11) is 1.72. The van der Waals surface area contributed by atoms with E-state index in [1.165, 1.54) is 0 Å². The standard InChI is InChI=1S/C12H21N3O2/c1-14(12(17)10-5-4-6-13-10)9-11(16)15-7-2-3-8-15/h10,13H,2-9H2,1H3. The molecule has 0 radical (unpaired) electrons. The summed E-state index contributed by atoms with van der Waals surface area (Å²) >= 11 is 0. The van der Waals surface area contributed by atoms with Gasteiger partial charge in [-0.3, -0.25) is 9.59 Å². The SMILES string of the molecule is CN(CC(=O)N1CCCC1)C(=O)C1CCCN1. The number of amides is 2. The lowest BCUT2D eigenvalue weighted by Gasteiger charge is -2.23. The van der Waals surface area contributed by atoms with E-state index in [0.29, 0.717) is 0 Å². The second kappa shape index (κ2) is 5.49. The lowest BCUT2D eigenvalue weighted by atomic mass is 10.2. The summed E-state index contributed by atoms with van der Waals surface area (Å²) in [5, 5.41) is 3.16. The highest BCUT2D eigenvalue weighted by atomic mass is 16.2. The fourth-order valence-electron chi connectivity index (χ4n) is 2.51. The summed E-state index contributed by atoms with van der Waals surface area (Å²) < 4.78 is 0. The Kier molecular flexibility index (Phi) is 3.99. The van der Waals surface area contributed by atoms with E-state index in [-0.39, 0.29) is 24.4 Å². The van der Waals surface area contributed by atoms with Crippen LogP contribution < -0.4 is 5.32 Å². The molecule has 2 heterocycles. The zero-order valence-electron chi connectivity index (χ0n) is 10.4. The molecule has 0 saturated carbocycles. The van der Waals surface area contributed by atoms with Crippen LogP contribution in [0.5, 0.6) is 0 Å². The maximum absolute atomic E-state index is 12.0. The first-order valence-corrected chi connectivity index (χ1v) is 6.44. The van der Waals surface area contributed by atoms with Gasteiger partial charge in [-0.2, -0.15) is 0 Å². The summed E-state index contributed by atoms with van der Waals surface area (Å²) in [6, 6.07) is -0.0774. The van der Waals surface area contributed by atoms with Crippen molar-refractivity contribution < 1.29 is 9.59 Å². The fraction of sp³-hybridized carbons (Fsp3) is 0.833. The molecule has 1 atom stereocenters. The van der Waals surface area contributed by atoms with Crippen molar-refractivity contribution in [1.29, 1.82) is 0 Å². The largest absolute Gasteiger partial charge is 0.341 e. The predicted molar refractivity (Wildman–Crippen MR) is 64.5 cm³/mol. The molecule has 2 fully saturated rings. The van der Waals surface area contributed by atoms with Gasteiger partial charge in [-0.05, 0) is 32.2 Å². The number of nitrogens with zero attached hydrogens (tertiary/aromatic N) is 2. The van der Waals surface area contributed by atoms with Gasteiger partial charge in [0.1, 0.15) is 0 Å². The van der Waals surface area contributed by atoms with Crippen LogP contribution in [0.4, 0.5) is 0 Å². The van der Waals surface area contributed by atoms with E-state index < -0.39 is 0 Å². The van der Waals surface area contributed by atoms with Crippen molar-refractivity contribution in [3.63, 3.8) is 0 Å². The van der Waals surface area contributed by atoms with E-state index in [4.69, 9.17) is 0 Å². The van der Waals surface area contributed by atoms with Gasteiger partial charge in [0.2, 0.25) is 11.8 Å². The Labute approximate surface area is 102 Å². The van der Waals surface area contributed by atoms with Crippen molar-refractivity contribution >= 4 is 11.8 Å². The average Bonchev–Trinajstić information content (AvgIpc) is 3.00. The smallest absolute Gasteiger partial charge is 0.242 e. The minimum absolute atomic E-state index is 0.0510. The van der Waals surface area contributed by atoms with Crippen LogP contribution in [-0.4, -0.2) is 60.9 Å². The predicted octanol–water partition coefficient (Wildman–Crippen LogP) is -0.181. The number of carbonyl (C=O) groups excluding carboxylic acids is 2. The lowest BCUT2D eigenvalue weighted by Crippen LogP contribution is -2.46. The van der Waals surface area contributed by atoms with Gasteiger partial charge in [-0.15, -0.1) is 0 Å². The summed E-state index contributed by atoms with van der Waals surface area (Å²) in [5.41, 5.74) is 0. The molecular weight excluding hydrogens is 218 g/mol. The number of carbonyl (C=O) groups is 2. The van der Waals surface area contributed by atoms with Crippen molar-refractivity contribution in [3.8, 4) is 0 Å². The third-order valence-corrected chi connectivity index (χ3v) is 3.57. The number of likely N-dealkylation sites (tertiary alicyclic amines) is 1. The molecule has 1 N–H and O–H groups in total. The van der Waals surface area contributed by atoms with Crippen LogP contribution in [0, 0.1) is 0 Å². The second-order valence-corrected chi connectivity index (χ2v) is 4.93. The average molecular weight is 239 g/mol. The molecule has 0 spiro atoms. The quantitative estimate of drug-likeness (QED) is 0.743. The van der Waals surface area contributed by atoms with Gasteiger partial charge in [-0.1, -0.05) is 0 Å². The minimum Gasteiger partial charge on any atom is -0.341 e. The molecule has 2 saturated heterocycles. The van der Waals surface area contributed by atoms with Crippen molar-refractivity contribution in [2.75, 3.05) is 33.2 Å². The molecule has 0 aromatic heterocycles. The van der Waals surface area contributed by atoms with Gasteiger partial charge in [0.15, 0.2) is 0 Å². The Morgan fingerprint density at radius 3 is 2.59 bits per heavy atom. The van der Waals surface area contributed by atoms with E-state index in [0.717, 1.165) is 45.3 Å². The highest BCUT2D eigenvalue weighted by Crippen LogP contribution is 2.10. The fourth-order valence-corrected chi connectivity index (χ4v) is 2.51. The van der Waals surface area contributed by atoms with Gasteiger partial charge >= 0.3 is 0 Å². The first-order chi connectivity index (χ1) is 8.18. The summed E-state index contributed by atoms with van der Waals surface area (Å²) in [6.07, 6.45) is 4.12. The Morgan fingerprint density at radius 2 is 2.00 bits per heavy atom. The van der Waals surface area contributed by atoms with Crippen LogP contribution in [0.1, 0.15) is 25.7 Å². The summed E-state index contributed by atoms with van der Waals surface area (Å²) in [4.78, 5) is 27.3. The molecule has 96 valence electrons. The molecule has 2 rings (SSSR count).